The predicted molar refractivity (Wildman–Crippen MR) is 129 cm³/mol. The number of sulfonamides is 1. The molecule has 33 heavy (non-hydrogen) atoms. The van der Waals surface area contributed by atoms with Gasteiger partial charge in [-0.2, -0.15) is 5.26 Å². The van der Waals surface area contributed by atoms with Gasteiger partial charge >= 0.3 is 0 Å². The second-order valence-corrected chi connectivity index (χ2v) is 10.5. The molecule has 4 rings (SSSR count). The quantitative estimate of drug-likeness (QED) is 0.465. The van der Waals surface area contributed by atoms with Gasteiger partial charge in [-0.3, -0.25) is 4.79 Å². The van der Waals surface area contributed by atoms with E-state index >= 15 is 0 Å². The van der Waals surface area contributed by atoms with Crippen LogP contribution in [0.5, 0.6) is 0 Å². The number of ketones is 1. The van der Waals surface area contributed by atoms with Crippen LogP contribution in [0.25, 0.3) is 0 Å². The predicted octanol–water partition coefficient (Wildman–Crippen LogP) is 4.84. The van der Waals surface area contributed by atoms with Crippen LogP contribution in [0, 0.1) is 11.3 Å². The van der Waals surface area contributed by atoms with Crippen molar-refractivity contribution in [2.24, 2.45) is 5.73 Å². The number of hydrogen-bond acceptors (Lipinski definition) is 5. The number of nitriles is 1. The maximum absolute atomic E-state index is 13.7. The zero-order valence-electron chi connectivity index (χ0n) is 17.0. The number of halogens is 2. The molecule has 0 spiro atoms. The summed E-state index contributed by atoms with van der Waals surface area (Å²) >= 11 is 9.30. The van der Waals surface area contributed by atoms with Crippen LogP contribution >= 0.6 is 27.5 Å². The lowest BCUT2D eigenvalue weighted by atomic mass is 9.84. The Hall–Kier alpha value is -3.12. The first-order chi connectivity index (χ1) is 15.8. The van der Waals surface area contributed by atoms with Crippen LogP contribution in [0.1, 0.15) is 21.8 Å². The van der Waals surface area contributed by atoms with Crippen LogP contribution in [0.3, 0.4) is 0 Å². The van der Waals surface area contributed by atoms with Gasteiger partial charge in [-0.25, -0.2) is 12.7 Å². The maximum Gasteiger partial charge on any atom is 0.266 e. The fraction of sp³-hybridized carbons (Fsp3) is 0.0833. The van der Waals surface area contributed by atoms with Crippen LogP contribution in [-0.2, 0) is 10.0 Å². The van der Waals surface area contributed by atoms with Crippen molar-refractivity contribution >= 4 is 43.3 Å². The molecule has 2 N–H and O–H groups in total. The van der Waals surface area contributed by atoms with E-state index in [1.165, 1.54) is 24.3 Å². The minimum atomic E-state index is -4.29. The largest absolute Gasteiger partial charge is 0.384 e. The zero-order valence-corrected chi connectivity index (χ0v) is 20.2. The standard InChI is InChI=1S/C24H17BrClN3O3S/c25-17-8-6-15(7-9-17)21-20(14-27)24(28)29(22(21)23(30)16-4-2-1-3-5-16)33(31,32)19-12-10-18(26)11-13-19/h1-13,21-22H,28H2/t21-,22-/m0/s1. The van der Waals surface area contributed by atoms with Crippen LogP contribution in [0.2, 0.25) is 5.02 Å². The van der Waals surface area contributed by atoms with Gasteiger partial charge < -0.3 is 5.73 Å². The van der Waals surface area contributed by atoms with Crippen LogP contribution in [0.4, 0.5) is 0 Å². The summed E-state index contributed by atoms with van der Waals surface area (Å²) in [6.45, 7) is 0. The summed E-state index contributed by atoms with van der Waals surface area (Å²) in [6.07, 6.45) is 0. The summed E-state index contributed by atoms with van der Waals surface area (Å²) in [6, 6.07) is 21.7. The number of nitrogens with two attached hydrogens (primary N) is 1. The van der Waals surface area contributed by atoms with Crippen molar-refractivity contribution in [3.8, 4) is 6.07 Å². The van der Waals surface area contributed by atoms with Crippen LogP contribution in [0.15, 0.2) is 99.6 Å². The molecule has 0 bridgehead atoms. The van der Waals surface area contributed by atoms with Gasteiger partial charge in [0.2, 0.25) is 0 Å². The van der Waals surface area contributed by atoms with E-state index in [-0.39, 0.29) is 16.3 Å². The molecule has 6 nitrogen and oxygen atoms in total. The minimum Gasteiger partial charge on any atom is -0.384 e. The molecule has 0 aromatic heterocycles. The molecule has 0 amide bonds. The SMILES string of the molecule is N#CC1=C(N)N(S(=O)(=O)c2ccc(Cl)cc2)[C@H](C(=O)c2ccccc2)[C@H]1c1ccc(Br)cc1. The monoisotopic (exact) mass is 541 g/mol. The molecule has 0 radical (unpaired) electrons. The number of carbonyl (C=O) groups excluding carboxylic acids is 1. The Morgan fingerprint density at radius 1 is 1.00 bits per heavy atom. The van der Waals surface area contributed by atoms with E-state index in [1.54, 1.807) is 54.6 Å². The molecule has 0 aliphatic carbocycles. The lowest BCUT2D eigenvalue weighted by Gasteiger charge is -2.29. The third-order valence-corrected chi connectivity index (χ3v) is 8.03. The molecule has 3 aromatic rings. The Balaban J connectivity index is 1.94. The number of Topliss-reactive ketones (excluding diaryl/α,β-unsaturated/α-hetero) is 1. The van der Waals surface area contributed by atoms with E-state index < -0.39 is 27.8 Å². The Bertz CT molecular complexity index is 1380. The summed E-state index contributed by atoms with van der Waals surface area (Å²) < 4.78 is 29.1. The summed E-state index contributed by atoms with van der Waals surface area (Å²) in [5.74, 6) is -1.61. The van der Waals surface area contributed by atoms with Crippen molar-refractivity contribution in [1.82, 2.24) is 4.31 Å². The average Bonchev–Trinajstić information content (AvgIpc) is 3.12. The molecular formula is C24H17BrClN3O3S. The Kier molecular flexibility index (Phi) is 6.30. The maximum atomic E-state index is 13.7. The van der Waals surface area contributed by atoms with Crippen molar-refractivity contribution < 1.29 is 13.2 Å². The van der Waals surface area contributed by atoms with Crippen molar-refractivity contribution in [3.05, 3.63) is 111 Å². The summed E-state index contributed by atoms with van der Waals surface area (Å²) in [5.41, 5.74) is 7.20. The van der Waals surface area contributed by atoms with E-state index in [1.807, 2.05) is 6.07 Å². The summed E-state index contributed by atoms with van der Waals surface area (Å²) in [4.78, 5) is 13.6. The number of rotatable bonds is 5. The molecule has 1 heterocycles. The highest BCUT2D eigenvalue weighted by molar-refractivity contribution is 9.10. The molecule has 9 heteroatoms. The Labute approximate surface area is 205 Å². The molecule has 0 fully saturated rings. The molecule has 0 unspecified atom stereocenters. The highest BCUT2D eigenvalue weighted by Crippen LogP contribution is 2.43. The van der Waals surface area contributed by atoms with E-state index in [0.717, 1.165) is 8.78 Å². The fourth-order valence-corrected chi connectivity index (χ4v) is 5.87. The number of hydrogen-bond donors (Lipinski definition) is 1. The van der Waals surface area contributed by atoms with E-state index in [0.29, 0.717) is 16.1 Å². The second-order valence-electron chi connectivity index (χ2n) is 7.37. The van der Waals surface area contributed by atoms with E-state index in [2.05, 4.69) is 15.9 Å². The van der Waals surface area contributed by atoms with Gasteiger partial charge in [-0.05, 0) is 42.0 Å². The van der Waals surface area contributed by atoms with Crippen molar-refractivity contribution in [2.75, 3.05) is 0 Å². The fourth-order valence-electron chi connectivity index (χ4n) is 3.90. The van der Waals surface area contributed by atoms with Gasteiger partial charge in [0.25, 0.3) is 10.0 Å². The first kappa shape index (κ1) is 23.1. The van der Waals surface area contributed by atoms with Crippen molar-refractivity contribution in [2.45, 2.75) is 16.9 Å². The summed E-state index contributed by atoms with van der Waals surface area (Å²) in [7, 11) is -4.29. The summed E-state index contributed by atoms with van der Waals surface area (Å²) in [5, 5.41) is 10.3. The first-order valence-corrected chi connectivity index (χ1v) is 12.4. The third kappa shape index (κ3) is 4.15. The van der Waals surface area contributed by atoms with Crippen LogP contribution in [-0.4, -0.2) is 24.5 Å². The van der Waals surface area contributed by atoms with Gasteiger partial charge in [-0.15, -0.1) is 0 Å². The highest BCUT2D eigenvalue weighted by Gasteiger charge is 2.50. The first-order valence-electron chi connectivity index (χ1n) is 9.80. The molecule has 1 aliphatic heterocycles. The minimum absolute atomic E-state index is 0.0177. The van der Waals surface area contributed by atoms with Gasteiger partial charge in [0.1, 0.15) is 11.9 Å². The molecule has 1 aliphatic rings. The Morgan fingerprint density at radius 2 is 1.61 bits per heavy atom. The lowest BCUT2D eigenvalue weighted by Crippen LogP contribution is -2.45. The van der Waals surface area contributed by atoms with Gasteiger partial charge in [0.05, 0.1) is 22.5 Å². The molecule has 0 saturated carbocycles. The van der Waals surface area contributed by atoms with Gasteiger partial charge in [0.15, 0.2) is 5.78 Å². The van der Waals surface area contributed by atoms with Gasteiger partial charge in [-0.1, -0.05) is 70.0 Å². The third-order valence-electron chi connectivity index (χ3n) is 5.44. The van der Waals surface area contributed by atoms with Crippen LogP contribution < -0.4 is 5.73 Å². The van der Waals surface area contributed by atoms with Gasteiger partial charge in [0, 0.05) is 15.1 Å². The number of benzene rings is 3. The molecule has 0 saturated heterocycles. The number of carbonyl (C=O) groups is 1. The molecule has 166 valence electrons. The average molecular weight is 543 g/mol. The normalized spacial score (nSPS) is 18.3. The smallest absolute Gasteiger partial charge is 0.266 e. The topological polar surface area (TPSA) is 104 Å². The molecular weight excluding hydrogens is 526 g/mol. The highest BCUT2D eigenvalue weighted by atomic mass is 79.9. The van der Waals surface area contributed by atoms with E-state index in [9.17, 15) is 18.5 Å². The second kappa shape index (κ2) is 9.02. The van der Waals surface area contributed by atoms with Crippen molar-refractivity contribution in [3.63, 3.8) is 0 Å². The number of nitrogens with zero attached hydrogens (tertiary/aromatic N) is 2. The zero-order chi connectivity index (χ0) is 23.8. The molecule has 2 atom stereocenters. The molecule has 3 aromatic carbocycles. The Morgan fingerprint density at radius 3 is 2.18 bits per heavy atom. The van der Waals surface area contributed by atoms with Crippen molar-refractivity contribution in [1.29, 1.82) is 5.26 Å². The lowest BCUT2D eigenvalue weighted by molar-refractivity contribution is 0.0910. The van der Waals surface area contributed by atoms with E-state index in [4.69, 9.17) is 17.3 Å².